The molecule has 0 radical (unpaired) electrons. The Bertz CT molecular complexity index is 259. The van der Waals surface area contributed by atoms with Crippen LogP contribution in [0.5, 0.6) is 0 Å². The van der Waals surface area contributed by atoms with Crippen molar-refractivity contribution in [3.63, 3.8) is 0 Å². The molecule has 6 heteroatoms. The van der Waals surface area contributed by atoms with E-state index in [1.807, 2.05) is 0 Å². The number of rotatable bonds is 16. The van der Waals surface area contributed by atoms with E-state index < -0.39 is 7.82 Å². The standard InChI is InChI=1S/C16H35O4P.K.H/c1-2-3-4-5-6-7-8-9-10-11-12-13-14-15-16-20-21(17,18)19;;/h2-16H2,1H3,(H2,17,18,19);;. The summed E-state index contributed by atoms with van der Waals surface area (Å²) in [5.41, 5.74) is 0. The molecule has 0 fully saturated rings. The SMILES string of the molecule is CCCCCCCCCCCCCCCCOP(=O)(O)O.[KH]. The number of hydrogen-bond acceptors (Lipinski definition) is 2. The molecule has 0 aromatic rings. The summed E-state index contributed by atoms with van der Waals surface area (Å²) in [6, 6.07) is 0. The average Bonchev–Trinajstić information content (AvgIpc) is 2.42. The third-order valence-electron chi connectivity index (χ3n) is 3.76. The van der Waals surface area contributed by atoms with E-state index in [9.17, 15) is 4.57 Å². The van der Waals surface area contributed by atoms with E-state index in [-0.39, 0.29) is 58.0 Å². The molecule has 0 saturated carbocycles. The van der Waals surface area contributed by atoms with Crippen LogP contribution in [-0.2, 0) is 9.09 Å². The fourth-order valence-electron chi connectivity index (χ4n) is 2.48. The molecule has 0 aliphatic carbocycles. The quantitative estimate of drug-likeness (QED) is 0.232. The molecule has 0 amide bonds. The molecule has 0 heterocycles. The van der Waals surface area contributed by atoms with E-state index in [4.69, 9.17) is 9.79 Å². The minimum absolute atomic E-state index is 0. The van der Waals surface area contributed by atoms with Crippen molar-refractivity contribution < 1.29 is 18.9 Å². The second-order valence-electron chi connectivity index (χ2n) is 5.92. The molecule has 0 aromatic heterocycles. The van der Waals surface area contributed by atoms with E-state index in [0.717, 1.165) is 19.3 Å². The molecule has 2 N–H and O–H groups in total. The zero-order chi connectivity index (χ0) is 15.8. The fraction of sp³-hybridized carbons (Fsp3) is 1.00. The molecule has 0 atom stereocenters. The van der Waals surface area contributed by atoms with E-state index in [1.54, 1.807) is 0 Å². The summed E-state index contributed by atoms with van der Waals surface area (Å²) < 4.78 is 14.8. The molecule has 0 unspecified atom stereocenters. The van der Waals surface area contributed by atoms with Crippen LogP contribution in [0.4, 0.5) is 0 Å². The van der Waals surface area contributed by atoms with Crippen LogP contribution < -0.4 is 0 Å². The van der Waals surface area contributed by atoms with Gasteiger partial charge in [0.05, 0.1) is 6.61 Å². The van der Waals surface area contributed by atoms with Gasteiger partial charge in [0.15, 0.2) is 0 Å². The molecule has 0 saturated heterocycles. The van der Waals surface area contributed by atoms with Crippen molar-refractivity contribution in [3.05, 3.63) is 0 Å². The summed E-state index contributed by atoms with van der Waals surface area (Å²) in [4.78, 5) is 17.0. The van der Waals surface area contributed by atoms with Gasteiger partial charge in [0.25, 0.3) is 0 Å². The van der Waals surface area contributed by atoms with Gasteiger partial charge in [-0.2, -0.15) is 0 Å². The first-order valence-corrected chi connectivity index (χ1v) is 10.3. The number of unbranched alkanes of at least 4 members (excludes halogenated alkanes) is 13. The Hall–Kier alpha value is 1.75. The molecule has 0 aliphatic rings. The van der Waals surface area contributed by atoms with Crippen LogP contribution in [0.25, 0.3) is 0 Å². The first kappa shape index (κ1) is 26.0. The average molecular weight is 363 g/mol. The maximum absolute atomic E-state index is 10.4. The molecule has 0 aliphatic heterocycles. The van der Waals surface area contributed by atoms with Gasteiger partial charge in [-0.3, -0.25) is 4.52 Å². The van der Waals surface area contributed by atoms with Crippen LogP contribution >= 0.6 is 7.82 Å². The molecule has 0 spiro atoms. The normalized spacial score (nSPS) is 11.4. The van der Waals surface area contributed by atoms with Gasteiger partial charge >= 0.3 is 59.2 Å². The number of phosphoric ester groups is 1. The molecular formula is C16H36KO4P. The molecule has 22 heavy (non-hydrogen) atoms. The van der Waals surface area contributed by atoms with Crippen molar-refractivity contribution in [2.45, 2.75) is 96.8 Å². The first-order valence-electron chi connectivity index (χ1n) is 8.76. The van der Waals surface area contributed by atoms with Crippen molar-refractivity contribution in [3.8, 4) is 0 Å². The van der Waals surface area contributed by atoms with Gasteiger partial charge in [0.1, 0.15) is 0 Å². The Balaban J connectivity index is 0. The van der Waals surface area contributed by atoms with E-state index in [2.05, 4.69) is 11.4 Å². The fourth-order valence-corrected chi connectivity index (χ4v) is 2.85. The van der Waals surface area contributed by atoms with Crippen molar-refractivity contribution >= 4 is 59.2 Å². The van der Waals surface area contributed by atoms with Gasteiger partial charge < -0.3 is 9.79 Å². The summed E-state index contributed by atoms with van der Waals surface area (Å²) in [5, 5.41) is 0. The predicted molar refractivity (Wildman–Crippen MR) is 95.5 cm³/mol. The third-order valence-corrected chi connectivity index (χ3v) is 4.28. The molecular weight excluding hydrogens is 326 g/mol. The second kappa shape index (κ2) is 19.1. The summed E-state index contributed by atoms with van der Waals surface area (Å²) in [6.45, 7) is 2.42. The maximum atomic E-state index is 10.4. The number of hydrogen-bond donors (Lipinski definition) is 2. The van der Waals surface area contributed by atoms with Crippen LogP contribution in [0.2, 0.25) is 0 Å². The van der Waals surface area contributed by atoms with Gasteiger partial charge in [0, 0.05) is 0 Å². The zero-order valence-corrected chi connectivity index (χ0v) is 14.7. The Morgan fingerprint density at radius 1 is 0.682 bits per heavy atom. The van der Waals surface area contributed by atoms with Gasteiger partial charge in [-0.1, -0.05) is 90.4 Å². The van der Waals surface area contributed by atoms with E-state index in [1.165, 1.54) is 70.6 Å². The van der Waals surface area contributed by atoms with Crippen molar-refractivity contribution in [2.24, 2.45) is 0 Å². The van der Waals surface area contributed by atoms with Crippen molar-refractivity contribution in [1.29, 1.82) is 0 Å². The topological polar surface area (TPSA) is 66.8 Å². The molecule has 4 nitrogen and oxygen atoms in total. The van der Waals surface area contributed by atoms with Gasteiger partial charge in [-0.05, 0) is 6.42 Å². The summed E-state index contributed by atoms with van der Waals surface area (Å²) in [5.74, 6) is 0. The Kier molecular flexibility index (Phi) is 22.5. The third kappa shape index (κ3) is 24.0. The number of phosphoric acid groups is 1. The van der Waals surface area contributed by atoms with Crippen LogP contribution in [0.15, 0.2) is 0 Å². The Labute approximate surface area is 179 Å². The summed E-state index contributed by atoms with van der Waals surface area (Å²) in [6.07, 6.45) is 17.8. The predicted octanol–water partition coefficient (Wildman–Crippen LogP) is 4.93. The Morgan fingerprint density at radius 3 is 1.32 bits per heavy atom. The first-order chi connectivity index (χ1) is 10.1. The van der Waals surface area contributed by atoms with Gasteiger partial charge in [-0.15, -0.1) is 0 Å². The summed E-state index contributed by atoms with van der Waals surface area (Å²) >= 11 is 0. The monoisotopic (exact) mass is 362 g/mol. The molecule has 0 bridgehead atoms. The van der Waals surface area contributed by atoms with Gasteiger partial charge in [0.2, 0.25) is 0 Å². The molecule has 130 valence electrons. The van der Waals surface area contributed by atoms with Crippen LogP contribution in [0.3, 0.4) is 0 Å². The van der Waals surface area contributed by atoms with Crippen molar-refractivity contribution in [1.82, 2.24) is 0 Å². The van der Waals surface area contributed by atoms with Gasteiger partial charge in [-0.25, -0.2) is 4.57 Å². The van der Waals surface area contributed by atoms with E-state index in [0.29, 0.717) is 0 Å². The van der Waals surface area contributed by atoms with Crippen molar-refractivity contribution in [2.75, 3.05) is 6.61 Å². The second-order valence-corrected chi connectivity index (χ2v) is 7.16. The van der Waals surface area contributed by atoms with E-state index >= 15 is 0 Å². The minimum atomic E-state index is -4.25. The summed E-state index contributed by atoms with van der Waals surface area (Å²) in [7, 11) is -4.25. The molecule has 0 rings (SSSR count). The van der Waals surface area contributed by atoms with Crippen LogP contribution in [-0.4, -0.2) is 67.8 Å². The Morgan fingerprint density at radius 2 is 1.00 bits per heavy atom. The zero-order valence-electron chi connectivity index (χ0n) is 13.8. The van der Waals surface area contributed by atoms with Crippen LogP contribution in [0.1, 0.15) is 96.8 Å². The van der Waals surface area contributed by atoms with Crippen LogP contribution in [0, 0.1) is 0 Å². The molecule has 0 aromatic carbocycles.